The molecule has 4 aromatic rings. The van der Waals surface area contributed by atoms with Crippen LogP contribution in [0.5, 0.6) is 40.2 Å². The minimum Gasteiger partial charge on any atom is -0.508 e. The van der Waals surface area contributed by atoms with Crippen molar-refractivity contribution in [3.8, 4) is 46.3 Å². The van der Waals surface area contributed by atoms with Crippen LogP contribution >= 0.6 is 0 Å². The van der Waals surface area contributed by atoms with Gasteiger partial charge in [-0.15, -0.1) is 0 Å². The van der Waals surface area contributed by atoms with E-state index in [1.54, 1.807) is 72.8 Å². The minimum absolute atomic E-state index is 0. The van der Waals surface area contributed by atoms with E-state index in [2.05, 4.69) is 0 Å². The van der Waals surface area contributed by atoms with Gasteiger partial charge in [0.25, 0.3) is 0 Å². The Morgan fingerprint density at radius 1 is 0.508 bits per heavy atom. The molecular formula is C50H55N3O10. The number of phenols is 3. The van der Waals surface area contributed by atoms with Crippen molar-refractivity contribution in [1.82, 2.24) is 9.80 Å². The Hall–Kier alpha value is -7.43. The number of hydrogen-bond donors (Lipinski definition) is 3. The van der Waals surface area contributed by atoms with Gasteiger partial charge in [0.15, 0.2) is 23.0 Å². The van der Waals surface area contributed by atoms with Gasteiger partial charge in [-0.3, -0.25) is 9.59 Å². The van der Waals surface area contributed by atoms with Gasteiger partial charge in [0.2, 0.25) is 25.4 Å². The Labute approximate surface area is 368 Å². The molecule has 2 fully saturated rings. The predicted molar refractivity (Wildman–Crippen MR) is 244 cm³/mol. The van der Waals surface area contributed by atoms with Crippen molar-refractivity contribution in [2.45, 2.75) is 45.4 Å². The van der Waals surface area contributed by atoms with Crippen molar-refractivity contribution in [3.63, 3.8) is 0 Å². The molecule has 13 nitrogen and oxygen atoms in total. The average Bonchev–Trinajstić information content (AvgIpc) is 3.97. The van der Waals surface area contributed by atoms with Crippen molar-refractivity contribution < 1.29 is 49.3 Å². The summed E-state index contributed by atoms with van der Waals surface area (Å²) in [5, 5.41) is 35.0. The average molecular weight is 858 g/mol. The highest BCUT2D eigenvalue weighted by atomic mass is 16.7. The molecule has 0 spiro atoms. The molecule has 4 aliphatic heterocycles. The number of likely N-dealkylation sites (tertiary alicyclic amines) is 2. The summed E-state index contributed by atoms with van der Waals surface area (Å²) in [5.74, 6) is 3.57. The molecule has 63 heavy (non-hydrogen) atoms. The number of nitrogens with zero attached hydrogens (tertiary/aromatic N) is 3. The van der Waals surface area contributed by atoms with Crippen molar-refractivity contribution in [3.05, 3.63) is 138 Å². The zero-order valence-electron chi connectivity index (χ0n) is 35.4. The second kappa shape index (κ2) is 26.0. The van der Waals surface area contributed by atoms with Crippen molar-refractivity contribution >= 4 is 36.1 Å². The fourth-order valence-corrected chi connectivity index (χ4v) is 6.57. The highest BCUT2D eigenvalue weighted by molar-refractivity contribution is 5.88. The lowest BCUT2D eigenvalue weighted by Crippen LogP contribution is -2.34. The van der Waals surface area contributed by atoms with E-state index >= 15 is 0 Å². The Morgan fingerprint density at radius 2 is 0.905 bits per heavy atom. The fraction of sp³-hybridized carbons (Fsp3) is 0.260. The topological polar surface area (TPSA) is 194 Å². The maximum atomic E-state index is 11.9. The number of amides is 2. The zero-order valence-corrected chi connectivity index (χ0v) is 35.4. The molecule has 4 aliphatic rings. The first-order valence-electron chi connectivity index (χ1n) is 20.6. The standard InChI is InChI=1S/2C17H19NO3.C14H12O3.C2H3N.H2O/c2*19-17(18-10-4-1-5-11-18)7-3-2-6-14-8-9-15-16(12-14)21-13-20-15;15-12-5-3-10(4-6-12)1-2-11-7-13(16)9-14(17)8-11;1-2-3;/h2*2-3,6-9,12H,1,4-5,10-11,13H2;1-9,15-17H;1H3;1H2/b2*6-2+,7-3+;2-1+;;. The van der Waals surface area contributed by atoms with E-state index < -0.39 is 0 Å². The first-order valence-corrected chi connectivity index (χ1v) is 20.6. The molecule has 0 aromatic heterocycles. The Kier molecular flexibility index (Phi) is 19.9. The lowest BCUT2D eigenvalue weighted by molar-refractivity contribution is -0.127. The van der Waals surface area contributed by atoms with Crippen LogP contribution in [0.1, 0.15) is 67.7 Å². The second-order valence-corrected chi connectivity index (χ2v) is 14.4. The predicted octanol–water partition coefficient (Wildman–Crippen LogP) is 8.67. The summed E-state index contributed by atoms with van der Waals surface area (Å²) < 4.78 is 21.2. The number of allylic oxidation sites excluding steroid dienone is 4. The van der Waals surface area contributed by atoms with Gasteiger partial charge in [-0.2, -0.15) is 5.26 Å². The van der Waals surface area contributed by atoms with Crippen LogP contribution in [0.3, 0.4) is 0 Å². The Bertz CT molecular complexity index is 2160. The van der Waals surface area contributed by atoms with Gasteiger partial charge in [0, 0.05) is 51.3 Å². The summed E-state index contributed by atoms with van der Waals surface area (Å²) in [6.45, 7) is 5.54. The smallest absolute Gasteiger partial charge is 0.246 e. The van der Waals surface area contributed by atoms with Crippen LogP contribution in [0.4, 0.5) is 0 Å². The summed E-state index contributed by atoms with van der Waals surface area (Å²) in [6, 6.07) is 24.4. The van der Waals surface area contributed by atoms with Gasteiger partial charge in [-0.1, -0.05) is 72.9 Å². The number of benzene rings is 4. The van der Waals surface area contributed by atoms with Gasteiger partial charge in [0.05, 0.1) is 6.07 Å². The number of piperidine rings is 2. The number of rotatable bonds is 8. The number of fused-ring (bicyclic) bond motifs is 2. The third-order valence-corrected chi connectivity index (χ3v) is 9.69. The minimum atomic E-state index is 0. The second-order valence-electron chi connectivity index (χ2n) is 14.4. The number of aromatic hydroxyl groups is 3. The molecular weight excluding hydrogens is 803 g/mol. The molecule has 8 rings (SSSR count). The first kappa shape index (κ1) is 48.2. The zero-order chi connectivity index (χ0) is 43.9. The summed E-state index contributed by atoms with van der Waals surface area (Å²) in [4.78, 5) is 27.7. The van der Waals surface area contributed by atoms with E-state index in [0.717, 1.165) is 91.6 Å². The maximum Gasteiger partial charge on any atom is 0.246 e. The molecule has 0 saturated carbocycles. The summed E-state index contributed by atoms with van der Waals surface area (Å²) >= 11 is 0. The molecule has 5 N–H and O–H groups in total. The molecule has 0 aliphatic carbocycles. The highest BCUT2D eigenvalue weighted by Gasteiger charge is 2.15. The van der Waals surface area contributed by atoms with E-state index in [1.165, 1.54) is 25.8 Å². The van der Waals surface area contributed by atoms with Gasteiger partial charge in [-0.25, -0.2) is 0 Å². The summed E-state index contributed by atoms with van der Waals surface area (Å²) in [6.07, 6.45) is 25.0. The molecule has 0 atom stereocenters. The van der Waals surface area contributed by atoms with Gasteiger partial charge in [-0.05, 0) is 109 Å². The summed E-state index contributed by atoms with van der Waals surface area (Å²) in [7, 11) is 0. The van der Waals surface area contributed by atoms with E-state index in [9.17, 15) is 19.8 Å². The van der Waals surface area contributed by atoms with E-state index in [4.69, 9.17) is 29.3 Å². The van der Waals surface area contributed by atoms with Crippen molar-refractivity contribution in [1.29, 1.82) is 5.26 Å². The number of carbonyl (C=O) groups is 2. The van der Waals surface area contributed by atoms with Crippen molar-refractivity contribution in [2.75, 3.05) is 39.8 Å². The number of phenolic OH excluding ortho intramolecular Hbond substituents is 3. The SMILES string of the molecule is CC#N.O.O=C(/C=C/C=C/c1ccc2c(c1)OCO2)N1CCCCC1.O=C(/C=C/C=C/c1ccc2c(c1)OCO2)N1CCCCC1.Oc1ccc(/C=C/c2cc(O)cc(O)c2)cc1. The molecule has 330 valence electrons. The molecule has 4 aromatic carbocycles. The number of carbonyl (C=O) groups excluding carboxylic acids is 2. The number of nitriles is 1. The van der Waals surface area contributed by atoms with E-state index in [1.807, 2.05) is 76.6 Å². The summed E-state index contributed by atoms with van der Waals surface area (Å²) in [5.41, 5.74) is 3.67. The Balaban J connectivity index is 0.000000201. The molecule has 2 saturated heterocycles. The van der Waals surface area contributed by atoms with Crippen LogP contribution < -0.4 is 18.9 Å². The van der Waals surface area contributed by atoms with Crippen LogP contribution in [-0.2, 0) is 9.59 Å². The Morgan fingerprint density at radius 3 is 1.35 bits per heavy atom. The largest absolute Gasteiger partial charge is 0.508 e. The van der Waals surface area contributed by atoms with Gasteiger partial charge in [0.1, 0.15) is 17.2 Å². The van der Waals surface area contributed by atoms with Gasteiger partial charge >= 0.3 is 0 Å². The van der Waals surface area contributed by atoms with Crippen LogP contribution in [0, 0.1) is 11.3 Å². The molecule has 0 radical (unpaired) electrons. The highest BCUT2D eigenvalue weighted by Crippen LogP contribution is 2.34. The third-order valence-electron chi connectivity index (χ3n) is 9.69. The molecule has 2 amide bonds. The number of ether oxygens (including phenoxy) is 4. The van der Waals surface area contributed by atoms with E-state index in [-0.39, 0.29) is 48.1 Å². The van der Waals surface area contributed by atoms with Crippen molar-refractivity contribution in [2.24, 2.45) is 0 Å². The monoisotopic (exact) mass is 857 g/mol. The lowest BCUT2D eigenvalue weighted by atomic mass is 10.1. The van der Waals surface area contributed by atoms with Gasteiger partial charge < -0.3 is 49.5 Å². The first-order chi connectivity index (χ1) is 30.2. The number of hydrogen-bond acceptors (Lipinski definition) is 10. The molecule has 0 bridgehead atoms. The third kappa shape index (κ3) is 16.5. The van der Waals surface area contributed by atoms with Crippen LogP contribution in [0.25, 0.3) is 24.3 Å². The molecule has 4 heterocycles. The van der Waals surface area contributed by atoms with E-state index in [0.29, 0.717) is 5.56 Å². The fourth-order valence-electron chi connectivity index (χ4n) is 6.57. The molecule has 0 unspecified atom stereocenters. The van der Waals surface area contributed by atoms with Crippen LogP contribution in [-0.4, -0.2) is 82.2 Å². The normalized spacial score (nSPS) is 14.9. The molecule has 13 heteroatoms. The van der Waals surface area contributed by atoms with Crippen LogP contribution in [0.15, 0.2) is 115 Å². The lowest BCUT2D eigenvalue weighted by Gasteiger charge is -2.25. The van der Waals surface area contributed by atoms with Crippen LogP contribution in [0.2, 0.25) is 0 Å². The maximum absolute atomic E-state index is 11.9. The quantitative estimate of drug-likeness (QED) is 0.0877.